The van der Waals surface area contributed by atoms with Gasteiger partial charge in [-0.3, -0.25) is 14.2 Å². The highest BCUT2D eigenvalue weighted by molar-refractivity contribution is 6.30. The quantitative estimate of drug-likeness (QED) is 0.884. The lowest BCUT2D eigenvalue weighted by Gasteiger charge is -2.24. The van der Waals surface area contributed by atoms with Crippen molar-refractivity contribution in [2.45, 2.75) is 20.0 Å². The van der Waals surface area contributed by atoms with Gasteiger partial charge in [-0.15, -0.1) is 5.10 Å². The molecule has 1 aromatic heterocycles. The zero-order valence-electron chi connectivity index (χ0n) is 13.0. The fourth-order valence-electron chi connectivity index (χ4n) is 2.57. The van der Waals surface area contributed by atoms with Crippen LogP contribution in [-0.2, 0) is 17.9 Å². The molecule has 1 N–H and O–H groups in total. The van der Waals surface area contributed by atoms with Crippen molar-refractivity contribution in [2.24, 2.45) is 0 Å². The minimum atomic E-state index is -0.463. The summed E-state index contributed by atoms with van der Waals surface area (Å²) in [6, 6.07) is 6.68. The van der Waals surface area contributed by atoms with Crippen molar-refractivity contribution in [3.8, 4) is 0 Å². The maximum absolute atomic E-state index is 12.3. The topological polar surface area (TPSA) is 89.2 Å². The monoisotopic (exact) mass is 349 g/mol. The third-order valence-corrected chi connectivity index (χ3v) is 4.01. The second kappa shape index (κ2) is 6.48. The Morgan fingerprint density at radius 2 is 2.12 bits per heavy atom. The Balaban J connectivity index is 1.78. The number of hydrogen-bond acceptors (Lipinski definition) is 4. The van der Waals surface area contributed by atoms with E-state index < -0.39 is 11.6 Å². The number of nitrogens with one attached hydrogen (secondary N) is 1. The standard InChI is InChI=1S/C15H16ClN5O3/c1-2-19-6-7-20-13(14(19)23)18-21(15(20)24)9-12(22)17-11-5-3-4-10(16)8-11/h3-5,8H,2,6-7,9H2,1H3,(H,17,22). The van der Waals surface area contributed by atoms with Gasteiger partial charge in [-0.1, -0.05) is 17.7 Å². The highest BCUT2D eigenvalue weighted by Gasteiger charge is 2.28. The summed E-state index contributed by atoms with van der Waals surface area (Å²) in [4.78, 5) is 38.2. The first kappa shape index (κ1) is 16.3. The summed E-state index contributed by atoms with van der Waals surface area (Å²) in [5, 5.41) is 7.15. The van der Waals surface area contributed by atoms with Crippen LogP contribution in [0.25, 0.3) is 0 Å². The zero-order valence-corrected chi connectivity index (χ0v) is 13.8. The molecule has 0 aliphatic carbocycles. The van der Waals surface area contributed by atoms with E-state index in [9.17, 15) is 14.4 Å². The molecule has 2 aromatic rings. The third kappa shape index (κ3) is 3.05. The lowest BCUT2D eigenvalue weighted by molar-refractivity contribution is -0.117. The maximum atomic E-state index is 12.3. The van der Waals surface area contributed by atoms with E-state index in [0.717, 1.165) is 4.68 Å². The van der Waals surface area contributed by atoms with Gasteiger partial charge in [0.1, 0.15) is 6.54 Å². The molecule has 3 rings (SSSR count). The summed E-state index contributed by atoms with van der Waals surface area (Å²) in [6.45, 7) is 2.98. The van der Waals surface area contributed by atoms with Gasteiger partial charge in [0, 0.05) is 30.3 Å². The van der Waals surface area contributed by atoms with E-state index in [0.29, 0.717) is 30.3 Å². The number of halogens is 1. The van der Waals surface area contributed by atoms with Gasteiger partial charge < -0.3 is 10.2 Å². The fourth-order valence-corrected chi connectivity index (χ4v) is 2.76. The van der Waals surface area contributed by atoms with Crippen molar-refractivity contribution >= 4 is 29.1 Å². The molecule has 0 radical (unpaired) electrons. The lowest BCUT2D eigenvalue weighted by Crippen LogP contribution is -2.42. The van der Waals surface area contributed by atoms with E-state index in [1.807, 2.05) is 6.92 Å². The molecule has 8 nitrogen and oxygen atoms in total. The number of anilines is 1. The normalized spacial score (nSPS) is 13.8. The average Bonchev–Trinajstić information content (AvgIpc) is 2.85. The fraction of sp³-hybridized carbons (Fsp3) is 0.333. The molecule has 9 heteroatoms. The van der Waals surface area contributed by atoms with Crippen molar-refractivity contribution in [1.82, 2.24) is 19.2 Å². The smallest absolute Gasteiger partial charge is 0.334 e. The molecule has 24 heavy (non-hydrogen) atoms. The molecule has 126 valence electrons. The number of amides is 2. The van der Waals surface area contributed by atoms with Crippen LogP contribution in [0.3, 0.4) is 0 Å². The van der Waals surface area contributed by atoms with Crippen molar-refractivity contribution in [1.29, 1.82) is 0 Å². The summed E-state index contributed by atoms with van der Waals surface area (Å²) in [5.74, 6) is -0.645. The van der Waals surface area contributed by atoms with Crippen LogP contribution in [0.5, 0.6) is 0 Å². The number of carbonyl (C=O) groups is 2. The van der Waals surface area contributed by atoms with Crippen molar-refractivity contribution in [3.63, 3.8) is 0 Å². The van der Waals surface area contributed by atoms with Crippen molar-refractivity contribution in [2.75, 3.05) is 18.4 Å². The van der Waals surface area contributed by atoms with Gasteiger partial charge in [0.2, 0.25) is 11.7 Å². The van der Waals surface area contributed by atoms with Crippen LogP contribution in [0.1, 0.15) is 17.5 Å². The molecule has 1 aliphatic rings. The van der Waals surface area contributed by atoms with E-state index in [2.05, 4.69) is 10.4 Å². The zero-order chi connectivity index (χ0) is 17.3. The van der Waals surface area contributed by atoms with E-state index in [1.54, 1.807) is 29.2 Å². The molecule has 0 spiro atoms. The summed E-state index contributed by atoms with van der Waals surface area (Å²) in [7, 11) is 0. The summed E-state index contributed by atoms with van der Waals surface area (Å²) >= 11 is 5.86. The van der Waals surface area contributed by atoms with E-state index in [1.165, 1.54) is 4.57 Å². The van der Waals surface area contributed by atoms with Crippen LogP contribution in [0, 0.1) is 0 Å². The van der Waals surface area contributed by atoms with Gasteiger partial charge >= 0.3 is 5.69 Å². The molecule has 1 aliphatic heterocycles. The summed E-state index contributed by atoms with van der Waals surface area (Å²) < 4.78 is 2.31. The third-order valence-electron chi connectivity index (χ3n) is 3.78. The van der Waals surface area contributed by atoms with E-state index in [4.69, 9.17) is 11.6 Å². The van der Waals surface area contributed by atoms with Crippen molar-refractivity contribution in [3.05, 3.63) is 45.6 Å². The van der Waals surface area contributed by atoms with Gasteiger partial charge in [-0.2, -0.15) is 0 Å². The molecule has 0 bridgehead atoms. The maximum Gasteiger partial charge on any atom is 0.346 e. The van der Waals surface area contributed by atoms with Crippen LogP contribution in [0.4, 0.5) is 5.69 Å². The van der Waals surface area contributed by atoms with Gasteiger partial charge in [0.05, 0.1) is 0 Å². The molecule has 2 heterocycles. The Labute approximate surface area is 142 Å². The second-order valence-corrected chi connectivity index (χ2v) is 5.80. The highest BCUT2D eigenvalue weighted by atomic mass is 35.5. The Hall–Kier alpha value is -2.61. The predicted octanol–water partition coefficient (Wildman–Crippen LogP) is 0.813. The Kier molecular flexibility index (Phi) is 4.39. The number of fused-ring (bicyclic) bond motifs is 1. The van der Waals surface area contributed by atoms with Crippen molar-refractivity contribution < 1.29 is 9.59 Å². The molecule has 0 fully saturated rings. The Morgan fingerprint density at radius 1 is 1.33 bits per heavy atom. The number of benzene rings is 1. The first-order chi connectivity index (χ1) is 11.5. The number of likely N-dealkylation sites (N-methyl/N-ethyl adjacent to an activating group) is 1. The summed E-state index contributed by atoms with van der Waals surface area (Å²) in [6.07, 6.45) is 0. The number of rotatable bonds is 4. The lowest BCUT2D eigenvalue weighted by atomic mass is 10.3. The number of hydrogen-bond donors (Lipinski definition) is 1. The van der Waals surface area contributed by atoms with Gasteiger partial charge in [0.25, 0.3) is 5.91 Å². The molecule has 0 unspecified atom stereocenters. The molecular formula is C15H16ClN5O3. The van der Waals surface area contributed by atoms with Gasteiger partial charge in [-0.25, -0.2) is 9.48 Å². The van der Waals surface area contributed by atoms with E-state index >= 15 is 0 Å². The minimum absolute atomic E-state index is 0.0728. The first-order valence-electron chi connectivity index (χ1n) is 7.52. The van der Waals surface area contributed by atoms with Crippen LogP contribution in [-0.4, -0.2) is 44.2 Å². The van der Waals surface area contributed by atoms with Crippen LogP contribution < -0.4 is 11.0 Å². The minimum Gasteiger partial charge on any atom is -0.334 e. The predicted molar refractivity (Wildman–Crippen MR) is 88.1 cm³/mol. The molecule has 2 amide bonds. The van der Waals surface area contributed by atoms with E-state index in [-0.39, 0.29) is 18.3 Å². The second-order valence-electron chi connectivity index (χ2n) is 5.36. The number of nitrogens with zero attached hydrogens (tertiary/aromatic N) is 4. The highest BCUT2D eigenvalue weighted by Crippen LogP contribution is 2.14. The molecular weight excluding hydrogens is 334 g/mol. The Bertz CT molecular complexity index is 857. The molecule has 0 saturated heterocycles. The molecule has 0 atom stereocenters. The average molecular weight is 350 g/mol. The van der Waals surface area contributed by atoms with Gasteiger partial charge in [-0.05, 0) is 25.1 Å². The van der Waals surface area contributed by atoms with Gasteiger partial charge in [0.15, 0.2) is 0 Å². The Morgan fingerprint density at radius 3 is 2.83 bits per heavy atom. The van der Waals surface area contributed by atoms with Crippen LogP contribution >= 0.6 is 11.6 Å². The number of carbonyl (C=O) groups excluding carboxylic acids is 2. The SMILES string of the molecule is CCN1CCn2c(nn(CC(=O)Nc3cccc(Cl)c3)c2=O)C1=O. The summed E-state index contributed by atoms with van der Waals surface area (Å²) in [5.41, 5.74) is 0.0631. The first-order valence-corrected chi connectivity index (χ1v) is 7.89. The van der Waals surface area contributed by atoms with Crippen LogP contribution in [0.2, 0.25) is 5.02 Å². The largest absolute Gasteiger partial charge is 0.346 e. The number of aromatic nitrogens is 3. The molecule has 1 aromatic carbocycles. The molecule has 0 saturated carbocycles. The van der Waals surface area contributed by atoms with Crippen LogP contribution in [0.15, 0.2) is 29.1 Å².